The Labute approximate surface area is 143 Å². The van der Waals surface area contributed by atoms with Gasteiger partial charge in [-0.15, -0.1) is 0 Å². The highest BCUT2D eigenvalue weighted by Crippen LogP contribution is 2.49. The van der Waals surface area contributed by atoms with Crippen LogP contribution in [-0.2, 0) is 5.41 Å². The van der Waals surface area contributed by atoms with Gasteiger partial charge in [-0.1, -0.05) is 39.0 Å². The van der Waals surface area contributed by atoms with Crippen LogP contribution in [-0.4, -0.2) is 30.8 Å². The maximum atomic E-state index is 13.7. The number of hydrogen-bond donors (Lipinski definition) is 0. The van der Waals surface area contributed by atoms with Gasteiger partial charge in [0.25, 0.3) is 0 Å². The Balaban J connectivity index is 2.10. The topological polar surface area (TPSA) is 20.3 Å². The van der Waals surface area contributed by atoms with Crippen molar-refractivity contribution < 1.29 is 9.18 Å². The van der Waals surface area contributed by atoms with Gasteiger partial charge in [0.05, 0.1) is 6.04 Å². The monoisotopic (exact) mass is 325 g/mol. The molecule has 0 radical (unpaired) electrons. The van der Waals surface area contributed by atoms with E-state index >= 15 is 0 Å². The van der Waals surface area contributed by atoms with Gasteiger partial charge in [0.2, 0.25) is 0 Å². The SMILES string of the molecule is CCC(C(=O)c1ccc2c(c1)C(C)(C)c1cc(F)ccc1-2)N(C)C. The molecule has 126 valence electrons. The lowest BCUT2D eigenvalue weighted by Gasteiger charge is -2.24. The van der Waals surface area contributed by atoms with Gasteiger partial charge in [-0.2, -0.15) is 0 Å². The van der Waals surface area contributed by atoms with E-state index in [9.17, 15) is 9.18 Å². The summed E-state index contributed by atoms with van der Waals surface area (Å²) in [6.07, 6.45) is 0.776. The van der Waals surface area contributed by atoms with Gasteiger partial charge in [-0.3, -0.25) is 9.69 Å². The molecule has 0 bridgehead atoms. The third-order valence-electron chi connectivity index (χ3n) is 5.24. The molecule has 3 heteroatoms. The van der Waals surface area contributed by atoms with Crippen LogP contribution in [0.3, 0.4) is 0 Å². The van der Waals surface area contributed by atoms with Crippen LogP contribution in [0.2, 0.25) is 0 Å². The summed E-state index contributed by atoms with van der Waals surface area (Å²) in [5, 5.41) is 0. The van der Waals surface area contributed by atoms with Crippen molar-refractivity contribution in [3.05, 3.63) is 58.9 Å². The van der Waals surface area contributed by atoms with Crippen molar-refractivity contribution in [1.82, 2.24) is 4.90 Å². The summed E-state index contributed by atoms with van der Waals surface area (Å²) >= 11 is 0. The zero-order valence-electron chi connectivity index (χ0n) is 15.0. The molecular weight excluding hydrogens is 301 g/mol. The molecule has 2 aromatic carbocycles. The highest BCUT2D eigenvalue weighted by molar-refractivity contribution is 6.01. The molecule has 3 rings (SSSR count). The van der Waals surface area contributed by atoms with Gasteiger partial charge in [0.15, 0.2) is 5.78 Å². The average Bonchev–Trinajstić information content (AvgIpc) is 2.75. The van der Waals surface area contributed by atoms with Gasteiger partial charge in [-0.25, -0.2) is 4.39 Å². The first kappa shape index (κ1) is 16.8. The Hall–Kier alpha value is -2.00. The van der Waals surface area contributed by atoms with Crippen molar-refractivity contribution in [1.29, 1.82) is 0 Å². The van der Waals surface area contributed by atoms with Crippen molar-refractivity contribution in [2.24, 2.45) is 0 Å². The zero-order valence-corrected chi connectivity index (χ0v) is 15.0. The van der Waals surface area contributed by atoms with E-state index in [2.05, 4.69) is 13.8 Å². The fourth-order valence-electron chi connectivity index (χ4n) is 3.84. The highest BCUT2D eigenvalue weighted by atomic mass is 19.1. The first-order valence-electron chi connectivity index (χ1n) is 8.43. The molecule has 24 heavy (non-hydrogen) atoms. The van der Waals surface area contributed by atoms with Crippen LogP contribution in [0.4, 0.5) is 4.39 Å². The van der Waals surface area contributed by atoms with Crippen LogP contribution in [0.1, 0.15) is 48.7 Å². The van der Waals surface area contributed by atoms with Crippen molar-refractivity contribution in [3.63, 3.8) is 0 Å². The van der Waals surface area contributed by atoms with Crippen molar-refractivity contribution >= 4 is 5.78 Å². The van der Waals surface area contributed by atoms with E-state index in [1.54, 1.807) is 6.07 Å². The van der Waals surface area contributed by atoms with Gasteiger partial charge >= 0.3 is 0 Å². The fourth-order valence-corrected chi connectivity index (χ4v) is 3.84. The number of Topliss-reactive ketones (excluding diaryl/α,β-unsaturated/α-hetero) is 1. The minimum Gasteiger partial charge on any atom is -0.299 e. The van der Waals surface area contributed by atoms with Crippen LogP contribution in [0.5, 0.6) is 0 Å². The quantitative estimate of drug-likeness (QED) is 0.762. The number of fused-ring (bicyclic) bond motifs is 3. The Morgan fingerprint density at radius 1 is 1.08 bits per heavy atom. The summed E-state index contributed by atoms with van der Waals surface area (Å²) in [6.45, 7) is 6.21. The van der Waals surface area contributed by atoms with Gasteiger partial charge < -0.3 is 0 Å². The summed E-state index contributed by atoms with van der Waals surface area (Å²) in [6, 6.07) is 10.8. The van der Waals surface area contributed by atoms with Crippen molar-refractivity contribution in [2.45, 2.75) is 38.6 Å². The molecule has 0 amide bonds. The van der Waals surface area contributed by atoms with Crippen molar-refractivity contribution in [2.75, 3.05) is 14.1 Å². The molecule has 1 unspecified atom stereocenters. The molecule has 1 atom stereocenters. The second-order valence-corrected chi connectivity index (χ2v) is 7.33. The summed E-state index contributed by atoms with van der Waals surface area (Å²) in [5.41, 5.74) is 4.68. The number of rotatable bonds is 4. The molecule has 0 fully saturated rings. The molecule has 0 aliphatic heterocycles. The van der Waals surface area contributed by atoms with Gasteiger partial charge in [-0.05, 0) is 61.0 Å². The first-order valence-corrected chi connectivity index (χ1v) is 8.43. The van der Waals surface area contributed by atoms with E-state index in [0.717, 1.165) is 34.2 Å². The third kappa shape index (κ3) is 2.48. The third-order valence-corrected chi connectivity index (χ3v) is 5.24. The number of ketones is 1. The largest absolute Gasteiger partial charge is 0.299 e. The maximum absolute atomic E-state index is 13.7. The second-order valence-electron chi connectivity index (χ2n) is 7.33. The number of hydrogen-bond acceptors (Lipinski definition) is 2. The molecule has 2 nitrogen and oxygen atoms in total. The molecule has 0 aromatic heterocycles. The maximum Gasteiger partial charge on any atom is 0.179 e. The second kappa shape index (κ2) is 5.82. The lowest BCUT2D eigenvalue weighted by molar-refractivity contribution is 0.0871. The molecule has 0 N–H and O–H groups in total. The molecular formula is C21H24FNO. The molecule has 0 saturated carbocycles. The minimum atomic E-state index is -0.303. The van der Waals surface area contributed by atoms with Crippen LogP contribution >= 0.6 is 0 Å². The minimum absolute atomic E-state index is 0.118. The molecule has 0 spiro atoms. The number of halogens is 1. The molecule has 1 aliphatic carbocycles. The van der Waals surface area contributed by atoms with E-state index in [0.29, 0.717) is 0 Å². The first-order chi connectivity index (χ1) is 11.3. The van der Waals surface area contributed by atoms with Crippen molar-refractivity contribution in [3.8, 4) is 11.1 Å². The number of nitrogens with zero attached hydrogens (tertiary/aromatic N) is 1. The Morgan fingerprint density at radius 3 is 2.25 bits per heavy atom. The number of likely N-dealkylation sites (N-methyl/N-ethyl adjacent to an activating group) is 1. The fraction of sp³-hybridized carbons (Fsp3) is 0.381. The van der Waals surface area contributed by atoms with Crippen LogP contribution in [0.15, 0.2) is 36.4 Å². The molecule has 1 aliphatic rings. The Kier molecular flexibility index (Phi) is 4.08. The van der Waals surface area contributed by atoms with Crippen LogP contribution < -0.4 is 0 Å². The summed E-state index contributed by atoms with van der Waals surface area (Å²) < 4.78 is 13.7. The lowest BCUT2D eigenvalue weighted by atomic mass is 9.81. The molecule has 0 heterocycles. The van der Waals surface area contributed by atoms with Crippen LogP contribution in [0.25, 0.3) is 11.1 Å². The van der Waals surface area contributed by atoms with Crippen LogP contribution in [0, 0.1) is 5.82 Å². The predicted octanol–water partition coefficient (Wildman–Crippen LogP) is 4.65. The van der Waals surface area contributed by atoms with E-state index < -0.39 is 0 Å². The number of carbonyl (C=O) groups is 1. The van der Waals surface area contributed by atoms with E-state index in [-0.39, 0.29) is 23.1 Å². The normalized spacial score (nSPS) is 16.0. The van der Waals surface area contributed by atoms with Gasteiger partial charge in [0, 0.05) is 11.0 Å². The molecule has 2 aromatic rings. The van der Waals surface area contributed by atoms with E-state index in [1.165, 1.54) is 6.07 Å². The number of carbonyl (C=O) groups excluding carboxylic acids is 1. The Bertz CT molecular complexity index is 807. The molecule has 0 saturated heterocycles. The Morgan fingerprint density at radius 2 is 1.67 bits per heavy atom. The van der Waals surface area contributed by atoms with E-state index in [4.69, 9.17) is 0 Å². The lowest BCUT2D eigenvalue weighted by Crippen LogP contribution is -2.35. The highest BCUT2D eigenvalue weighted by Gasteiger charge is 2.36. The number of benzene rings is 2. The standard InChI is InChI=1S/C21H24FNO/c1-6-19(23(4)5)20(24)13-7-9-15-16-10-8-14(22)12-18(16)21(2,3)17(15)11-13/h7-12,19H,6H2,1-5H3. The van der Waals surface area contributed by atoms with E-state index in [1.807, 2.05) is 50.2 Å². The summed E-state index contributed by atoms with van der Waals surface area (Å²) in [7, 11) is 3.87. The predicted molar refractivity (Wildman–Crippen MR) is 96.1 cm³/mol. The summed E-state index contributed by atoms with van der Waals surface area (Å²) in [4.78, 5) is 14.8. The smallest absolute Gasteiger partial charge is 0.179 e. The summed E-state index contributed by atoms with van der Waals surface area (Å²) in [5.74, 6) is -0.0761. The zero-order chi connectivity index (χ0) is 17.6. The average molecular weight is 325 g/mol. The van der Waals surface area contributed by atoms with Gasteiger partial charge in [0.1, 0.15) is 5.82 Å².